The van der Waals surface area contributed by atoms with E-state index in [9.17, 15) is 18.0 Å². The molecular formula is C12H13Cl2NO6S. The van der Waals surface area contributed by atoms with Crippen LogP contribution in [-0.4, -0.2) is 52.0 Å². The van der Waals surface area contributed by atoms with Gasteiger partial charge < -0.3 is 9.47 Å². The summed E-state index contributed by atoms with van der Waals surface area (Å²) in [6.07, 6.45) is 0. The van der Waals surface area contributed by atoms with Crippen LogP contribution in [0.2, 0.25) is 10.0 Å². The Balaban J connectivity index is 3.21. The van der Waals surface area contributed by atoms with Crippen LogP contribution in [-0.2, 0) is 29.1 Å². The highest BCUT2D eigenvalue weighted by atomic mass is 35.5. The molecule has 0 fully saturated rings. The molecule has 0 atom stereocenters. The monoisotopic (exact) mass is 369 g/mol. The summed E-state index contributed by atoms with van der Waals surface area (Å²) in [5.74, 6) is -1.65. The third-order valence-electron chi connectivity index (χ3n) is 2.60. The fourth-order valence-corrected chi connectivity index (χ4v) is 3.15. The van der Waals surface area contributed by atoms with E-state index >= 15 is 0 Å². The molecule has 0 heterocycles. The quantitative estimate of drug-likeness (QED) is 0.702. The van der Waals surface area contributed by atoms with E-state index in [0.717, 1.165) is 20.3 Å². The van der Waals surface area contributed by atoms with E-state index in [4.69, 9.17) is 23.2 Å². The highest BCUT2D eigenvalue weighted by Gasteiger charge is 2.29. The molecule has 7 nitrogen and oxygen atoms in total. The zero-order valence-electron chi connectivity index (χ0n) is 11.7. The number of hydrogen-bond acceptors (Lipinski definition) is 6. The van der Waals surface area contributed by atoms with Crippen molar-refractivity contribution < 1.29 is 27.5 Å². The van der Waals surface area contributed by atoms with Crippen molar-refractivity contribution in [2.75, 3.05) is 27.3 Å². The Morgan fingerprint density at radius 1 is 1.05 bits per heavy atom. The number of benzene rings is 1. The van der Waals surface area contributed by atoms with Gasteiger partial charge >= 0.3 is 11.9 Å². The van der Waals surface area contributed by atoms with Crippen LogP contribution in [0, 0.1) is 0 Å². The topological polar surface area (TPSA) is 90.0 Å². The molecule has 122 valence electrons. The maximum absolute atomic E-state index is 12.5. The lowest BCUT2D eigenvalue weighted by Crippen LogP contribution is -2.40. The van der Waals surface area contributed by atoms with Crippen LogP contribution in [0.25, 0.3) is 0 Å². The first-order chi connectivity index (χ1) is 10.2. The highest BCUT2D eigenvalue weighted by Crippen LogP contribution is 2.26. The summed E-state index contributed by atoms with van der Waals surface area (Å²) in [6, 6.07) is 3.64. The molecular weight excluding hydrogens is 357 g/mol. The maximum Gasteiger partial charge on any atom is 0.321 e. The van der Waals surface area contributed by atoms with E-state index in [1.54, 1.807) is 0 Å². The summed E-state index contributed by atoms with van der Waals surface area (Å²) in [4.78, 5) is 22.5. The fraction of sp³-hybridized carbons (Fsp3) is 0.333. The Morgan fingerprint density at radius 2 is 1.55 bits per heavy atom. The van der Waals surface area contributed by atoms with Gasteiger partial charge in [-0.3, -0.25) is 9.59 Å². The van der Waals surface area contributed by atoms with Crippen molar-refractivity contribution in [3.05, 3.63) is 28.2 Å². The predicted molar refractivity (Wildman–Crippen MR) is 79.3 cm³/mol. The second-order valence-electron chi connectivity index (χ2n) is 4.00. The van der Waals surface area contributed by atoms with Gasteiger partial charge in [0.15, 0.2) is 0 Å². The molecule has 1 aromatic rings. The van der Waals surface area contributed by atoms with Crippen molar-refractivity contribution >= 4 is 45.2 Å². The molecule has 0 aliphatic heterocycles. The molecule has 0 aliphatic carbocycles. The number of ether oxygens (including phenoxy) is 2. The lowest BCUT2D eigenvalue weighted by atomic mass is 10.4. The number of carbonyl (C=O) groups is 2. The SMILES string of the molecule is COC(=O)CN(CC(=O)OC)S(=O)(=O)c1ccc(Cl)c(Cl)c1. The number of halogens is 2. The summed E-state index contributed by atoms with van der Waals surface area (Å²) in [6.45, 7) is -1.29. The molecule has 22 heavy (non-hydrogen) atoms. The van der Waals surface area contributed by atoms with Gasteiger partial charge in [-0.2, -0.15) is 4.31 Å². The lowest BCUT2D eigenvalue weighted by Gasteiger charge is -2.20. The second kappa shape index (κ2) is 7.77. The van der Waals surface area contributed by atoms with Gasteiger partial charge in [-0.05, 0) is 18.2 Å². The van der Waals surface area contributed by atoms with E-state index in [1.807, 2.05) is 0 Å². The number of sulfonamides is 1. The maximum atomic E-state index is 12.5. The molecule has 0 saturated heterocycles. The van der Waals surface area contributed by atoms with Crippen molar-refractivity contribution in [1.29, 1.82) is 0 Å². The molecule has 0 saturated carbocycles. The summed E-state index contributed by atoms with van der Waals surface area (Å²) >= 11 is 11.5. The van der Waals surface area contributed by atoms with E-state index in [1.165, 1.54) is 12.1 Å². The van der Waals surface area contributed by atoms with Gasteiger partial charge in [-0.1, -0.05) is 23.2 Å². The van der Waals surface area contributed by atoms with Gasteiger partial charge in [0.05, 0.1) is 29.2 Å². The number of carbonyl (C=O) groups excluding carboxylic acids is 2. The van der Waals surface area contributed by atoms with Crippen LogP contribution in [0.5, 0.6) is 0 Å². The number of rotatable bonds is 6. The van der Waals surface area contributed by atoms with E-state index in [2.05, 4.69) is 9.47 Å². The van der Waals surface area contributed by atoms with Crippen molar-refractivity contribution in [2.24, 2.45) is 0 Å². The molecule has 0 N–H and O–H groups in total. The third-order valence-corrected chi connectivity index (χ3v) is 5.12. The summed E-state index contributed by atoms with van der Waals surface area (Å²) < 4.78 is 34.5. The van der Waals surface area contributed by atoms with Crippen LogP contribution < -0.4 is 0 Å². The van der Waals surface area contributed by atoms with Gasteiger partial charge in [0, 0.05) is 0 Å². The van der Waals surface area contributed by atoms with Crippen LogP contribution in [0.3, 0.4) is 0 Å². The third kappa shape index (κ3) is 4.57. The molecule has 10 heteroatoms. The van der Waals surface area contributed by atoms with Crippen LogP contribution in [0.15, 0.2) is 23.1 Å². The average molecular weight is 370 g/mol. The number of esters is 2. The predicted octanol–water partition coefficient (Wildman–Crippen LogP) is 1.33. The van der Waals surface area contributed by atoms with Crippen molar-refractivity contribution in [3.8, 4) is 0 Å². The first kappa shape index (κ1) is 18.7. The fourth-order valence-electron chi connectivity index (χ4n) is 1.43. The molecule has 0 bridgehead atoms. The van der Waals surface area contributed by atoms with Crippen molar-refractivity contribution in [1.82, 2.24) is 4.31 Å². The molecule has 1 rings (SSSR count). The van der Waals surface area contributed by atoms with Crippen LogP contribution in [0.1, 0.15) is 0 Å². The standard InChI is InChI=1S/C12H13Cl2NO6S/c1-20-11(16)6-15(7-12(17)21-2)22(18,19)8-3-4-9(13)10(14)5-8/h3-5H,6-7H2,1-2H3. The normalized spacial score (nSPS) is 11.3. The van der Waals surface area contributed by atoms with E-state index in [-0.39, 0.29) is 14.9 Å². The minimum absolute atomic E-state index is 0.0267. The summed E-state index contributed by atoms with van der Waals surface area (Å²) in [5.41, 5.74) is 0. The van der Waals surface area contributed by atoms with Gasteiger partial charge in [0.2, 0.25) is 10.0 Å². The number of methoxy groups -OCH3 is 2. The molecule has 0 amide bonds. The Morgan fingerprint density at radius 3 is 1.95 bits per heavy atom. The Bertz CT molecular complexity index is 658. The Labute approximate surface area is 137 Å². The molecule has 0 aliphatic rings. The number of hydrogen-bond donors (Lipinski definition) is 0. The van der Waals surface area contributed by atoms with Crippen LogP contribution in [0.4, 0.5) is 0 Å². The Hall–Kier alpha value is -1.35. The molecule has 0 radical (unpaired) electrons. The minimum atomic E-state index is -4.16. The van der Waals surface area contributed by atoms with Crippen molar-refractivity contribution in [2.45, 2.75) is 4.90 Å². The zero-order chi connectivity index (χ0) is 16.9. The summed E-state index contributed by atoms with van der Waals surface area (Å²) in [5, 5.41) is 0.201. The molecule has 1 aromatic carbocycles. The first-order valence-electron chi connectivity index (χ1n) is 5.81. The van der Waals surface area contributed by atoms with Gasteiger partial charge in [-0.15, -0.1) is 0 Å². The van der Waals surface area contributed by atoms with Crippen LogP contribution >= 0.6 is 23.2 Å². The Kier molecular flexibility index (Phi) is 6.61. The largest absolute Gasteiger partial charge is 0.468 e. The second-order valence-corrected chi connectivity index (χ2v) is 6.75. The highest BCUT2D eigenvalue weighted by molar-refractivity contribution is 7.89. The molecule has 0 unspecified atom stereocenters. The first-order valence-corrected chi connectivity index (χ1v) is 8.00. The van der Waals surface area contributed by atoms with Gasteiger partial charge in [0.25, 0.3) is 0 Å². The smallest absolute Gasteiger partial charge is 0.321 e. The molecule has 0 aromatic heterocycles. The van der Waals surface area contributed by atoms with Gasteiger partial charge in [0.1, 0.15) is 13.1 Å². The van der Waals surface area contributed by atoms with Crippen molar-refractivity contribution in [3.63, 3.8) is 0 Å². The average Bonchev–Trinajstić information content (AvgIpc) is 2.48. The molecule has 0 spiro atoms. The zero-order valence-corrected chi connectivity index (χ0v) is 14.0. The van der Waals surface area contributed by atoms with Gasteiger partial charge in [-0.25, -0.2) is 8.42 Å². The van der Waals surface area contributed by atoms with E-state index in [0.29, 0.717) is 4.31 Å². The minimum Gasteiger partial charge on any atom is -0.468 e. The van der Waals surface area contributed by atoms with E-state index < -0.39 is 35.1 Å². The number of nitrogens with zero attached hydrogens (tertiary/aromatic N) is 1. The summed E-state index contributed by atoms with van der Waals surface area (Å²) in [7, 11) is -1.96. The lowest BCUT2D eigenvalue weighted by molar-refractivity contribution is -0.143.